The van der Waals surface area contributed by atoms with E-state index in [-0.39, 0.29) is 0 Å². The molecule has 0 saturated carbocycles. The van der Waals surface area contributed by atoms with Crippen LogP contribution in [0.4, 0.5) is 0 Å². The lowest BCUT2D eigenvalue weighted by Crippen LogP contribution is -2.06. The SMILES string of the molecule is CCc1ccc(Br)cc1C(C)CCN. The average Bonchev–Trinajstić information content (AvgIpc) is 2.18. The van der Waals surface area contributed by atoms with Gasteiger partial charge in [-0.25, -0.2) is 0 Å². The van der Waals surface area contributed by atoms with Crippen LogP contribution in [0.15, 0.2) is 22.7 Å². The molecule has 78 valence electrons. The van der Waals surface area contributed by atoms with Crippen LogP contribution in [0.2, 0.25) is 0 Å². The summed E-state index contributed by atoms with van der Waals surface area (Å²) in [6.07, 6.45) is 2.15. The van der Waals surface area contributed by atoms with E-state index in [2.05, 4.69) is 48.0 Å². The molecule has 14 heavy (non-hydrogen) atoms. The quantitative estimate of drug-likeness (QED) is 0.877. The molecule has 1 atom stereocenters. The number of hydrogen-bond acceptors (Lipinski definition) is 1. The first kappa shape index (κ1) is 11.7. The minimum atomic E-state index is 0.562. The summed E-state index contributed by atoms with van der Waals surface area (Å²) < 4.78 is 1.16. The molecule has 2 heteroatoms. The summed E-state index contributed by atoms with van der Waals surface area (Å²) in [4.78, 5) is 0. The van der Waals surface area contributed by atoms with E-state index in [4.69, 9.17) is 5.73 Å². The Balaban J connectivity index is 2.97. The number of rotatable bonds is 4. The molecule has 0 radical (unpaired) electrons. The second-order valence-corrected chi connectivity index (χ2v) is 4.59. The zero-order valence-corrected chi connectivity index (χ0v) is 10.5. The number of nitrogens with two attached hydrogens (primary N) is 1. The van der Waals surface area contributed by atoms with E-state index in [1.54, 1.807) is 0 Å². The van der Waals surface area contributed by atoms with Gasteiger partial charge in [0.15, 0.2) is 0 Å². The van der Waals surface area contributed by atoms with Gasteiger partial charge in [-0.15, -0.1) is 0 Å². The van der Waals surface area contributed by atoms with Crippen molar-refractivity contribution in [3.8, 4) is 0 Å². The Morgan fingerprint density at radius 1 is 1.43 bits per heavy atom. The molecule has 0 heterocycles. The lowest BCUT2D eigenvalue weighted by molar-refractivity contribution is 0.682. The number of halogens is 1. The molecule has 0 amide bonds. The summed E-state index contributed by atoms with van der Waals surface area (Å²) in [5.41, 5.74) is 8.46. The van der Waals surface area contributed by atoms with Crippen molar-refractivity contribution in [1.82, 2.24) is 0 Å². The highest BCUT2D eigenvalue weighted by atomic mass is 79.9. The lowest BCUT2D eigenvalue weighted by Gasteiger charge is -2.15. The predicted octanol–water partition coefficient (Wildman–Crippen LogP) is 3.46. The van der Waals surface area contributed by atoms with Crippen LogP contribution in [0.3, 0.4) is 0 Å². The van der Waals surface area contributed by atoms with Gasteiger partial charge in [0.1, 0.15) is 0 Å². The first-order valence-corrected chi connectivity index (χ1v) is 5.96. The first-order valence-electron chi connectivity index (χ1n) is 5.17. The van der Waals surface area contributed by atoms with Crippen LogP contribution in [-0.4, -0.2) is 6.54 Å². The van der Waals surface area contributed by atoms with Crippen molar-refractivity contribution in [2.75, 3.05) is 6.54 Å². The summed E-state index contributed by atoms with van der Waals surface area (Å²) in [5, 5.41) is 0. The molecule has 0 spiro atoms. The summed E-state index contributed by atoms with van der Waals surface area (Å²) >= 11 is 3.51. The third kappa shape index (κ3) is 2.82. The molecule has 0 bridgehead atoms. The third-order valence-electron chi connectivity index (χ3n) is 2.62. The van der Waals surface area contributed by atoms with Crippen molar-refractivity contribution in [1.29, 1.82) is 0 Å². The average molecular weight is 256 g/mol. The van der Waals surface area contributed by atoms with Gasteiger partial charge in [0.2, 0.25) is 0 Å². The maximum atomic E-state index is 5.58. The van der Waals surface area contributed by atoms with Crippen LogP contribution in [0.5, 0.6) is 0 Å². The molecule has 0 aliphatic rings. The molecule has 0 aliphatic heterocycles. The van der Waals surface area contributed by atoms with Crippen molar-refractivity contribution >= 4 is 15.9 Å². The van der Waals surface area contributed by atoms with E-state index in [0.717, 1.165) is 23.9 Å². The maximum absolute atomic E-state index is 5.58. The van der Waals surface area contributed by atoms with Gasteiger partial charge in [0, 0.05) is 4.47 Å². The molecule has 0 saturated heterocycles. The van der Waals surface area contributed by atoms with E-state index < -0.39 is 0 Å². The Bertz CT molecular complexity index is 296. The largest absolute Gasteiger partial charge is 0.330 e. The molecule has 0 aromatic heterocycles. The van der Waals surface area contributed by atoms with Crippen LogP contribution >= 0.6 is 15.9 Å². The molecule has 1 unspecified atom stereocenters. The predicted molar refractivity (Wildman–Crippen MR) is 65.6 cm³/mol. The molecular formula is C12H18BrN. The topological polar surface area (TPSA) is 26.0 Å². The van der Waals surface area contributed by atoms with Crippen molar-refractivity contribution in [2.45, 2.75) is 32.6 Å². The van der Waals surface area contributed by atoms with Gasteiger partial charge in [-0.1, -0.05) is 35.8 Å². The fraction of sp³-hybridized carbons (Fsp3) is 0.500. The minimum Gasteiger partial charge on any atom is -0.330 e. The van der Waals surface area contributed by atoms with E-state index in [9.17, 15) is 0 Å². The molecule has 1 aromatic rings. The van der Waals surface area contributed by atoms with Crippen molar-refractivity contribution in [3.63, 3.8) is 0 Å². The van der Waals surface area contributed by atoms with Crippen LogP contribution in [0.1, 0.15) is 37.3 Å². The fourth-order valence-corrected chi connectivity index (χ4v) is 2.13. The lowest BCUT2D eigenvalue weighted by atomic mass is 9.92. The summed E-state index contributed by atoms with van der Waals surface area (Å²) in [7, 11) is 0. The summed E-state index contributed by atoms with van der Waals surface area (Å²) in [6, 6.07) is 6.53. The molecule has 0 aliphatic carbocycles. The van der Waals surface area contributed by atoms with Crippen LogP contribution in [-0.2, 0) is 6.42 Å². The van der Waals surface area contributed by atoms with E-state index in [1.165, 1.54) is 11.1 Å². The number of benzene rings is 1. The smallest absolute Gasteiger partial charge is 0.0178 e. The third-order valence-corrected chi connectivity index (χ3v) is 3.11. The molecule has 0 fully saturated rings. The van der Waals surface area contributed by atoms with Crippen molar-refractivity contribution in [3.05, 3.63) is 33.8 Å². The second kappa shape index (κ2) is 5.52. The van der Waals surface area contributed by atoms with Crippen molar-refractivity contribution < 1.29 is 0 Å². The maximum Gasteiger partial charge on any atom is 0.0178 e. The van der Waals surface area contributed by atoms with Gasteiger partial charge in [0.25, 0.3) is 0 Å². The Labute approximate surface area is 94.8 Å². The summed E-state index contributed by atoms with van der Waals surface area (Å²) in [6.45, 7) is 5.20. The van der Waals surface area contributed by atoms with Crippen molar-refractivity contribution in [2.24, 2.45) is 5.73 Å². The standard InChI is InChI=1S/C12H18BrN/c1-3-10-4-5-11(13)8-12(10)9(2)6-7-14/h4-5,8-9H,3,6-7,14H2,1-2H3. The summed E-state index contributed by atoms with van der Waals surface area (Å²) in [5.74, 6) is 0.562. The van der Waals surface area contributed by atoms with Crippen LogP contribution in [0.25, 0.3) is 0 Å². The Hall–Kier alpha value is -0.340. The molecule has 1 aromatic carbocycles. The second-order valence-electron chi connectivity index (χ2n) is 3.68. The highest BCUT2D eigenvalue weighted by Crippen LogP contribution is 2.26. The molecule has 1 rings (SSSR count). The Morgan fingerprint density at radius 3 is 2.71 bits per heavy atom. The van der Waals surface area contributed by atoms with Gasteiger partial charge < -0.3 is 5.73 Å². The van der Waals surface area contributed by atoms with E-state index >= 15 is 0 Å². The molecule has 1 nitrogen and oxygen atoms in total. The number of aryl methyl sites for hydroxylation is 1. The van der Waals surface area contributed by atoms with Gasteiger partial charge in [-0.3, -0.25) is 0 Å². The molecular weight excluding hydrogens is 238 g/mol. The van der Waals surface area contributed by atoms with Gasteiger partial charge in [-0.2, -0.15) is 0 Å². The minimum absolute atomic E-state index is 0.562. The Kier molecular flexibility index (Phi) is 4.63. The normalized spacial score (nSPS) is 12.9. The van der Waals surface area contributed by atoms with Gasteiger partial charge in [0.05, 0.1) is 0 Å². The highest BCUT2D eigenvalue weighted by molar-refractivity contribution is 9.10. The van der Waals surface area contributed by atoms with E-state index in [1.807, 2.05) is 0 Å². The number of hydrogen-bond donors (Lipinski definition) is 1. The first-order chi connectivity index (χ1) is 6.69. The van der Waals surface area contributed by atoms with E-state index in [0.29, 0.717) is 5.92 Å². The Morgan fingerprint density at radius 2 is 2.14 bits per heavy atom. The highest BCUT2D eigenvalue weighted by Gasteiger charge is 2.09. The van der Waals surface area contributed by atoms with Crippen LogP contribution in [0, 0.1) is 0 Å². The van der Waals surface area contributed by atoms with Crippen LogP contribution < -0.4 is 5.73 Å². The molecule has 2 N–H and O–H groups in total. The zero-order chi connectivity index (χ0) is 10.6. The fourth-order valence-electron chi connectivity index (χ4n) is 1.75. The monoisotopic (exact) mass is 255 g/mol. The zero-order valence-electron chi connectivity index (χ0n) is 8.89. The van der Waals surface area contributed by atoms with Gasteiger partial charge in [-0.05, 0) is 48.6 Å². The van der Waals surface area contributed by atoms with Gasteiger partial charge >= 0.3 is 0 Å².